The van der Waals surface area contributed by atoms with E-state index >= 15 is 0 Å². The van der Waals surface area contributed by atoms with E-state index in [0.29, 0.717) is 0 Å². The molecule has 2 aliphatic rings. The van der Waals surface area contributed by atoms with Crippen LogP contribution < -0.4 is 4.90 Å². The molecule has 0 amide bonds. The molecule has 0 radical (unpaired) electrons. The Bertz CT molecular complexity index is 376. The zero-order chi connectivity index (χ0) is 11.7. The summed E-state index contributed by atoms with van der Waals surface area (Å²) in [6.45, 7) is 1.24. The number of aromatic nitrogens is 1. The average molecular weight is 232 g/mol. The molecule has 3 nitrogen and oxygen atoms in total. The third-order valence-corrected chi connectivity index (χ3v) is 4.30. The van der Waals surface area contributed by atoms with Crippen LogP contribution in [0.1, 0.15) is 37.7 Å². The number of pyridine rings is 1. The minimum atomic E-state index is 0.0827. The first-order valence-corrected chi connectivity index (χ1v) is 6.71. The Labute approximate surface area is 102 Å². The third kappa shape index (κ3) is 2.04. The van der Waals surface area contributed by atoms with E-state index in [0.717, 1.165) is 29.9 Å². The van der Waals surface area contributed by atoms with Crippen LogP contribution >= 0.6 is 0 Å². The molecule has 17 heavy (non-hydrogen) atoms. The van der Waals surface area contributed by atoms with Gasteiger partial charge in [0.2, 0.25) is 0 Å². The molecular weight excluding hydrogens is 212 g/mol. The number of aliphatic hydroxyl groups excluding tert-OH is 1. The van der Waals surface area contributed by atoms with Crippen LogP contribution in [0.4, 0.5) is 5.82 Å². The molecule has 0 spiro atoms. The van der Waals surface area contributed by atoms with E-state index in [4.69, 9.17) is 5.11 Å². The number of nitrogens with zero attached hydrogens (tertiary/aromatic N) is 2. The van der Waals surface area contributed by atoms with Gasteiger partial charge in [0.15, 0.2) is 0 Å². The maximum Gasteiger partial charge on any atom is 0.128 e. The Morgan fingerprint density at radius 3 is 2.88 bits per heavy atom. The van der Waals surface area contributed by atoms with Gasteiger partial charge in [-0.05, 0) is 36.8 Å². The van der Waals surface area contributed by atoms with Crippen LogP contribution in [-0.2, 0) is 6.61 Å². The summed E-state index contributed by atoms with van der Waals surface area (Å²) in [6.07, 6.45) is 8.63. The Hall–Kier alpha value is -1.09. The topological polar surface area (TPSA) is 36.4 Å². The van der Waals surface area contributed by atoms with Crippen LogP contribution in [0.15, 0.2) is 18.3 Å². The summed E-state index contributed by atoms with van der Waals surface area (Å²) in [5, 5.41) is 9.03. The number of fused-ring (bicyclic) bond motifs is 1. The van der Waals surface area contributed by atoms with E-state index in [9.17, 15) is 0 Å². The van der Waals surface area contributed by atoms with Crippen LogP contribution in [0.25, 0.3) is 0 Å². The lowest BCUT2D eigenvalue weighted by Gasteiger charge is -2.32. The Morgan fingerprint density at radius 1 is 1.24 bits per heavy atom. The zero-order valence-corrected chi connectivity index (χ0v) is 10.2. The minimum Gasteiger partial charge on any atom is -0.392 e. The second-order valence-corrected chi connectivity index (χ2v) is 5.28. The largest absolute Gasteiger partial charge is 0.392 e. The zero-order valence-electron chi connectivity index (χ0n) is 10.2. The second-order valence-electron chi connectivity index (χ2n) is 5.28. The second kappa shape index (κ2) is 4.65. The van der Waals surface area contributed by atoms with Crippen molar-refractivity contribution < 1.29 is 5.11 Å². The Morgan fingerprint density at radius 2 is 2.12 bits per heavy atom. The molecule has 1 aromatic rings. The highest BCUT2D eigenvalue weighted by Crippen LogP contribution is 2.38. The lowest BCUT2D eigenvalue weighted by atomic mass is 9.85. The van der Waals surface area contributed by atoms with Crippen molar-refractivity contribution in [1.29, 1.82) is 0 Å². The van der Waals surface area contributed by atoms with Crippen molar-refractivity contribution in [2.24, 2.45) is 5.92 Å². The molecule has 2 unspecified atom stereocenters. The Balaban J connectivity index is 1.78. The van der Waals surface area contributed by atoms with E-state index in [1.54, 1.807) is 6.20 Å². The predicted octanol–water partition coefficient (Wildman–Crippen LogP) is 2.34. The van der Waals surface area contributed by atoms with E-state index in [-0.39, 0.29) is 6.61 Å². The molecule has 1 aliphatic carbocycles. The first-order chi connectivity index (χ1) is 8.38. The van der Waals surface area contributed by atoms with Gasteiger partial charge in [-0.3, -0.25) is 0 Å². The fraction of sp³-hybridized carbons (Fsp3) is 0.643. The number of hydrogen-bond donors (Lipinski definition) is 1. The van der Waals surface area contributed by atoms with Gasteiger partial charge in [-0.25, -0.2) is 4.98 Å². The van der Waals surface area contributed by atoms with E-state index < -0.39 is 0 Å². The van der Waals surface area contributed by atoms with Crippen molar-refractivity contribution in [2.75, 3.05) is 11.4 Å². The summed E-state index contributed by atoms with van der Waals surface area (Å²) >= 11 is 0. The molecule has 3 heteroatoms. The highest BCUT2D eigenvalue weighted by molar-refractivity contribution is 5.42. The van der Waals surface area contributed by atoms with Gasteiger partial charge in [0.25, 0.3) is 0 Å². The van der Waals surface area contributed by atoms with Gasteiger partial charge < -0.3 is 10.0 Å². The molecule has 92 valence electrons. The highest BCUT2D eigenvalue weighted by Gasteiger charge is 2.36. The fourth-order valence-corrected chi connectivity index (χ4v) is 3.37. The number of rotatable bonds is 2. The van der Waals surface area contributed by atoms with Crippen LogP contribution in [0.5, 0.6) is 0 Å². The van der Waals surface area contributed by atoms with Crippen molar-refractivity contribution in [1.82, 2.24) is 4.98 Å². The highest BCUT2D eigenvalue weighted by atomic mass is 16.3. The average Bonchev–Trinajstić information content (AvgIpc) is 2.83. The van der Waals surface area contributed by atoms with Crippen LogP contribution in [0, 0.1) is 5.92 Å². The van der Waals surface area contributed by atoms with Gasteiger partial charge >= 0.3 is 0 Å². The summed E-state index contributed by atoms with van der Waals surface area (Å²) in [5.74, 6) is 1.99. The van der Waals surface area contributed by atoms with Gasteiger partial charge in [-0.2, -0.15) is 0 Å². The quantitative estimate of drug-likeness (QED) is 0.850. The monoisotopic (exact) mass is 232 g/mol. The number of hydrogen-bond acceptors (Lipinski definition) is 3. The molecule has 1 N–H and O–H groups in total. The molecule has 1 aromatic heterocycles. The Kier molecular flexibility index (Phi) is 3.02. The molecule has 2 fully saturated rings. The number of anilines is 1. The molecule has 1 aliphatic heterocycles. The maximum absolute atomic E-state index is 9.03. The van der Waals surface area contributed by atoms with Gasteiger partial charge in [0.1, 0.15) is 5.82 Å². The van der Waals surface area contributed by atoms with E-state index in [1.807, 2.05) is 6.07 Å². The van der Waals surface area contributed by atoms with Crippen molar-refractivity contribution in [3.63, 3.8) is 0 Å². The summed E-state index contributed by atoms with van der Waals surface area (Å²) in [7, 11) is 0. The molecular formula is C14H20N2O. The summed E-state index contributed by atoms with van der Waals surface area (Å²) in [6, 6.07) is 4.76. The first kappa shape index (κ1) is 11.0. The summed E-state index contributed by atoms with van der Waals surface area (Å²) in [5.41, 5.74) is 0.896. The van der Waals surface area contributed by atoms with Crippen LogP contribution in [0.3, 0.4) is 0 Å². The van der Waals surface area contributed by atoms with Crippen molar-refractivity contribution in [3.8, 4) is 0 Å². The number of aliphatic hydroxyl groups is 1. The maximum atomic E-state index is 9.03. The van der Waals surface area contributed by atoms with Gasteiger partial charge in [-0.1, -0.05) is 18.9 Å². The van der Waals surface area contributed by atoms with Crippen molar-refractivity contribution in [3.05, 3.63) is 23.9 Å². The standard InChI is InChI=1S/C14H20N2O/c17-10-11-5-6-14(15-9-11)16-8-7-12-3-1-2-4-13(12)16/h5-6,9,12-13,17H,1-4,7-8,10H2. The molecule has 3 rings (SSSR count). The van der Waals surface area contributed by atoms with Crippen LogP contribution in [0.2, 0.25) is 0 Å². The lowest BCUT2D eigenvalue weighted by molar-refractivity contribution is 0.281. The SMILES string of the molecule is OCc1ccc(N2CCC3CCCCC32)nc1. The molecule has 2 heterocycles. The van der Waals surface area contributed by atoms with E-state index in [2.05, 4.69) is 16.0 Å². The first-order valence-electron chi connectivity index (χ1n) is 6.71. The summed E-state index contributed by atoms with van der Waals surface area (Å²) in [4.78, 5) is 6.97. The van der Waals surface area contributed by atoms with Crippen molar-refractivity contribution in [2.45, 2.75) is 44.8 Å². The molecule has 0 aromatic carbocycles. The lowest BCUT2D eigenvalue weighted by Crippen LogP contribution is -2.35. The molecule has 1 saturated heterocycles. The predicted molar refractivity (Wildman–Crippen MR) is 67.9 cm³/mol. The molecule has 2 atom stereocenters. The summed E-state index contributed by atoms with van der Waals surface area (Å²) < 4.78 is 0. The smallest absolute Gasteiger partial charge is 0.128 e. The van der Waals surface area contributed by atoms with Gasteiger partial charge in [0, 0.05) is 18.8 Å². The fourth-order valence-electron chi connectivity index (χ4n) is 3.37. The van der Waals surface area contributed by atoms with Gasteiger partial charge in [-0.15, -0.1) is 0 Å². The third-order valence-electron chi connectivity index (χ3n) is 4.30. The van der Waals surface area contributed by atoms with Gasteiger partial charge in [0.05, 0.1) is 6.61 Å². The van der Waals surface area contributed by atoms with Crippen molar-refractivity contribution >= 4 is 5.82 Å². The van der Waals surface area contributed by atoms with E-state index in [1.165, 1.54) is 32.1 Å². The minimum absolute atomic E-state index is 0.0827. The molecule has 1 saturated carbocycles. The molecule has 0 bridgehead atoms. The van der Waals surface area contributed by atoms with Crippen LogP contribution in [-0.4, -0.2) is 22.7 Å². The normalized spacial score (nSPS) is 28.2.